The van der Waals surface area contributed by atoms with Crippen LogP contribution in [0, 0.1) is 12.8 Å². The number of aryl methyl sites for hydroxylation is 1. The molecule has 2 aromatic heterocycles. The zero-order valence-electron chi connectivity index (χ0n) is 15.8. The van der Waals surface area contributed by atoms with Crippen molar-refractivity contribution >= 4 is 29.4 Å². The Morgan fingerprint density at radius 1 is 1.21 bits per heavy atom. The number of allylic oxidation sites excluding steroid dienone is 1. The Hall–Kier alpha value is -3.16. The standard InChI is InChI=1S/C20H24N6O2/c1-12-9-15(24-17-10-16(21)22-11-23-17)20(28)26-8-4-2-3-5-14(13-6-7-13)25-19(27)18(12)26/h4,8-11,13-14H,2-3,5-7H2,1H3,(H,25,27)(H3,21,22,23,24)/b8-4-. The van der Waals surface area contributed by atoms with Crippen molar-refractivity contribution in [3.05, 3.63) is 46.1 Å². The first-order valence-corrected chi connectivity index (χ1v) is 9.61. The number of pyridine rings is 1. The van der Waals surface area contributed by atoms with Crippen LogP contribution in [0.4, 0.5) is 17.3 Å². The molecule has 0 bridgehead atoms. The van der Waals surface area contributed by atoms with E-state index < -0.39 is 0 Å². The van der Waals surface area contributed by atoms with Crippen molar-refractivity contribution in [3.63, 3.8) is 0 Å². The highest BCUT2D eigenvalue weighted by Gasteiger charge is 2.33. The van der Waals surface area contributed by atoms with Crippen molar-refractivity contribution in [1.82, 2.24) is 19.9 Å². The second-order valence-electron chi connectivity index (χ2n) is 7.45. The van der Waals surface area contributed by atoms with E-state index in [-0.39, 0.29) is 17.5 Å². The molecule has 2 aromatic rings. The van der Waals surface area contributed by atoms with Crippen molar-refractivity contribution in [2.24, 2.45) is 5.92 Å². The van der Waals surface area contributed by atoms with Crippen LogP contribution in [0.2, 0.25) is 0 Å². The van der Waals surface area contributed by atoms with Gasteiger partial charge < -0.3 is 16.4 Å². The highest BCUT2D eigenvalue weighted by molar-refractivity contribution is 5.95. The molecular weight excluding hydrogens is 356 g/mol. The lowest BCUT2D eigenvalue weighted by Crippen LogP contribution is -2.40. The molecule has 8 nitrogen and oxygen atoms in total. The van der Waals surface area contributed by atoms with E-state index in [1.807, 2.05) is 13.0 Å². The molecule has 1 unspecified atom stereocenters. The smallest absolute Gasteiger partial charge is 0.278 e. The number of aromatic nitrogens is 3. The minimum absolute atomic E-state index is 0.184. The first kappa shape index (κ1) is 18.2. The molecule has 2 aliphatic rings. The average Bonchev–Trinajstić information content (AvgIpc) is 3.49. The molecule has 1 saturated carbocycles. The summed E-state index contributed by atoms with van der Waals surface area (Å²) < 4.78 is 1.42. The second-order valence-corrected chi connectivity index (χ2v) is 7.45. The monoisotopic (exact) mass is 380 g/mol. The minimum atomic E-state index is -0.312. The van der Waals surface area contributed by atoms with E-state index in [1.54, 1.807) is 18.3 Å². The molecule has 1 aliphatic carbocycles. The second kappa shape index (κ2) is 7.46. The zero-order valence-corrected chi connectivity index (χ0v) is 15.8. The number of rotatable bonds is 3. The van der Waals surface area contributed by atoms with E-state index in [9.17, 15) is 9.59 Å². The molecule has 1 fully saturated rings. The average molecular weight is 380 g/mol. The molecule has 8 heteroatoms. The van der Waals surface area contributed by atoms with Gasteiger partial charge in [0.1, 0.15) is 29.3 Å². The number of carbonyl (C=O) groups is 1. The maximum absolute atomic E-state index is 13.1. The topological polar surface area (TPSA) is 115 Å². The van der Waals surface area contributed by atoms with Gasteiger partial charge in [-0.05, 0) is 56.6 Å². The van der Waals surface area contributed by atoms with Crippen LogP contribution < -0.4 is 21.9 Å². The number of nitrogen functional groups attached to an aromatic ring is 1. The van der Waals surface area contributed by atoms with Crippen LogP contribution in [0.25, 0.3) is 6.20 Å². The summed E-state index contributed by atoms with van der Waals surface area (Å²) in [5.74, 6) is 1.10. The molecular formula is C20H24N6O2. The lowest BCUT2D eigenvalue weighted by Gasteiger charge is -2.22. The summed E-state index contributed by atoms with van der Waals surface area (Å²) in [6.45, 7) is 1.83. The fraction of sp³-hybridized carbons (Fsp3) is 0.400. The Morgan fingerprint density at radius 3 is 2.79 bits per heavy atom. The van der Waals surface area contributed by atoms with Gasteiger partial charge in [-0.25, -0.2) is 9.97 Å². The third kappa shape index (κ3) is 3.76. The maximum Gasteiger partial charge on any atom is 0.278 e. The van der Waals surface area contributed by atoms with E-state index in [0.29, 0.717) is 34.5 Å². The predicted molar refractivity (Wildman–Crippen MR) is 108 cm³/mol. The number of amides is 1. The van der Waals surface area contributed by atoms with Crippen molar-refractivity contribution in [3.8, 4) is 0 Å². The normalized spacial score (nSPS) is 20.8. The largest absolute Gasteiger partial charge is 0.384 e. The molecule has 1 atom stereocenters. The van der Waals surface area contributed by atoms with Crippen molar-refractivity contribution in [2.45, 2.75) is 45.1 Å². The van der Waals surface area contributed by atoms with Crippen LogP contribution in [0.15, 0.2) is 29.3 Å². The van der Waals surface area contributed by atoms with Crippen molar-refractivity contribution < 1.29 is 4.79 Å². The van der Waals surface area contributed by atoms with E-state index in [2.05, 4.69) is 20.6 Å². The molecule has 1 amide bonds. The molecule has 0 saturated heterocycles. The van der Waals surface area contributed by atoms with Gasteiger partial charge in [0.2, 0.25) is 0 Å². The van der Waals surface area contributed by atoms with Gasteiger partial charge in [0.15, 0.2) is 0 Å². The van der Waals surface area contributed by atoms with Gasteiger partial charge in [-0.15, -0.1) is 0 Å². The molecule has 28 heavy (non-hydrogen) atoms. The highest BCUT2D eigenvalue weighted by Crippen LogP contribution is 2.35. The summed E-state index contributed by atoms with van der Waals surface area (Å²) in [5.41, 5.74) is 6.78. The van der Waals surface area contributed by atoms with E-state index in [1.165, 1.54) is 10.9 Å². The van der Waals surface area contributed by atoms with Gasteiger partial charge in [0.05, 0.1) is 0 Å². The fourth-order valence-electron chi connectivity index (χ4n) is 3.66. The van der Waals surface area contributed by atoms with Gasteiger partial charge in [0, 0.05) is 18.3 Å². The predicted octanol–water partition coefficient (Wildman–Crippen LogP) is 2.44. The summed E-state index contributed by atoms with van der Waals surface area (Å²) in [5, 5.41) is 6.15. The van der Waals surface area contributed by atoms with E-state index in [0.717, 1.165) is 32.1 Å². The molecule has 3 heterocycles. The molecule has 0 spiro atoms. The van der Waals surface area contributed by atoms with Crippen LogP contribution in [0.3, 0.4) is 0 Å². The number of hydrogen-bond acceptors (Lipinski definition) is 6. The highest BCUT2D eigenvalue weighted by atomic mass is 16.2. The zero-order chi connectivity index (χ0) is 19.7. The summed E-state index contributed by atoms with van der Waals surface area (Å²) in [6, 6.07) is 3.41. The minimum Gasteiger partial charge on any atom is -0.384 e. The van der Waals surface area contributed by atoms with Crippen molar-refractivity contribution in [2.75, 3.05) is 11.1 Å². The maximum atomic E-state index is 13.1. The molecule has 4 rings (SSSR count). The molecule has 146 valence electrons. The Bertz CT molecular complexity index is 993. The number of carbonyl (C=O) groups excluding carboxylic acids is 1. The quantitative estimate of drug-likeness (QED) is 0.753. The van der Waals surface area contributed by atoms with Gasteiger partial charge in [0.25, 0.3) is 11.5 Å². The first-order chi connectivity index (χ1) is 13.5. The number of nitrogens with zero attached hydrogens (tertiary/aromatic N) is 3. The number of fused-ring (bicyclic) bond motifs is 1. The Labute approximate surface area is 162 Å². The van der Waals surface area contributed by atoms with Gasteiger partial charge in [-0.1, -0.05) is 6.08 Å². The fourth-order valence-corrected chi connectivity index (χ4v) is 3.66. The van der Waals surface area contributed by atoms with Crippen LogP contribution >= 0.6 is 0 Å². The molecule has 4 N–H and O–H groups in total. The third-order valence-electron chi connectivity index (χ3n) is 5.24. The summed E-state index contributed by atoms with van der Waals surface area (Å²) in [6.07, 6.45) is 10.1. The number of anilines is 3. The van der Waals surface area contributed by atoms with Gasteiger partial charge in [-0.3, -0.25) is 14.2 Å². The number of nitrogens with two attached hydrogens (primary N) is 1. The molecule has 0 aromatic carbocycles. The Balaban J connectivity index is 1.74. The molecule has 1 aliphatic heterocycles. The van der Waals surface area contributed by atoms with Gasteiger partial charge >= 0.3 is 0 Å². The lowest BCUT2D eigenvalue weighted by atomic mass is 10.0. The number of nitrogens with one attached hydrogen (secondary N) is 2. The Morgan fingerprint density at radius 2 is 2.04 bits per heavy atom. The first-order valence-electron chi connectivity index (χ1n) is 9.61. The van der Waals surface area contributed by atoms with Crippen LogP contribution in [0.1, 0.15) is 48.2 Å². The van der Waals surface area contributed by atoms with Crippen LogP contribution in [0.5, 0.6) is 0 Å². The summed E-state index contributed by atoms with van der Waals surface area (Å²) >= 11 is 0. The van der Waals surface area contributed by atoms with Crippen molar-refractivity contribution in [1.29, 1.82) is 0 Å². The van der Waals surface area contributed by atoms with E-state index in [4.69, 9.17) is 5.73 Å². The van der Waals surface area contributed by atoms with Crippen LogP contribution in [-0.4, -0.2) is 26.5 Å². The van der Waals surface area contributed by atoms with Gasteiger partial charge in [-0.2, -0.15) is 0 Å². The van der Waals surface area contributed by atoms with E-state index >= 15 is 0 Å². The number of hydrogen-bond donors (Lipinski definition) is 3. The Kier molecular flexibility index (Phi) is 4.85. The summed E-state index contributed by atoms with van der Waals surface area (Å²) in [7, 11) is 0. The third-order valence-corrected chi connectivity index (χ3v) is 5.24. The molecule has 0 radical (unpaired) electrons. The summed E-state index contributed by atoms with van der Waals surface area (Å²) in [4.78, 5) is 34.0. The SMILES string of the molecule is Cc1cc(Nc2cc(N)ncn2)c(=O)n2c1C(=O)NC(C1CC1)CCC/C=C\2. The lowest BCUT2D eigenvalue weighted by molar-refractivity contribution is 0.0921. The van der Waals surface area contributed by atoms with Crippen LogP contribution in [-0.2, 0) is 0 Å².